The molecule has 12 heteroatoms. The zero-order valence-electron chi connectivity index (χ0n) is 13.2. The summed E-state index contributed by atoms with van der Waals surface area (Å²) in [5.41, 5.74) is 24.3. The fourth-order valence-electron chi connectivity index (χ4n) is 1.80. The van der Waals surface area contributed by atoms with Gasteiger partial charge in [0.05, 0.1) is 0 Å². The van der Waals surface area contributed by atoms with E-state index >= 15 is 0 Å². The standard InChI is InChI=1S/C13H18N6S.H2O4S/c14-8-3-5-9(6-4-8)20-7-1-2-10-11(15)18-13(17)19-12(10)16;1-5(2,3)4/h3-6H,1-2,7,14H2,(H6,15,16,17,18,19);(H2,1,2,3,4). The van der Waals surface area contributed by atoms with Crippen molar-refractivity contribution in [1.29, 1.82) is 0 Å². The smallest absolute Gasteiger partial charge is 0.394 e. The van der Waals surface area contributed by atoms with Gasteiger partial charge < -0.3 is 22.9 Å². The quantitative estimate of drug-likeness (QED) is 0.183. The summed E-state index contributed by atoms with van der Waals surface area (Å²) in [5.74, 6) is 1.80. The zero-order chi connectivity index (χ0) is 19.0. The molecule has 0 bridgehead atoms. The van der Waals surface area contributed by atoms with Crippen LogP contribution in [0.5, 0.6) is 0 Å². The topological polar surface area (TPSA) is 204 Å². The van der Waals surface area contributed by atoms with E-state index in [-0.39, 0.29) is 5.95 Å². The normalized spacial score (nSPS) is 10.8. The van der Waals surface area contributed by atoms with Crippen LogP contribution in [0.1, 0.15) is 12.0 Å². The van der Waals surface area contributed by atoms with E-state index in [0.29, 0.717) is 11.6 Å². The number of nitrogen functional groups attached to an aromatic ring is 4. The summed E-state index contributed by atoms with van der Waals surface area (Å²) in [4.78, 5) is 9.04. The van der Waals surface area contributed by atoms with Gasteiger partial charge in [0.25, 0.3) is 0 Å². The second-order valence-corrected chi connectivity index (χ2v) is 6.86. The first-order valence-corrected chi connectivity index (χ1v) is 9.30. The van der Waals surface area contributed by atoms with E-state index in [2.05, 4.69) is 9.97 Å². The van der Waals surface area contributed by atoms with Gasteiger partial charge in [0, 0.05) is 16.1 Å². The molecule has 138 valence electrons. The van der Waals surface area contributed by atoms with Crippen molar-refractivity contribution in [3.63, 3.8) is 0 Å². The molecule has 25 heavy (non-hydrogen) atoms. The molecule has 0 unspecified atom stereocenters. The molecule has 0 fully saturated rings. The Morgan fingerprint density at radius 1 is 0.960 bits per heavy atom. The second-order valence-electron chi connectivity index (χ2n) is 4.80. The molecule has 0 aliphatic rings. The lowest BCUT2D eigenvalue weighted by molar-refractivity contribution is 0.381. The van der Waals surface area contributed by atoms with Gasteiger partial charge in [0.1, 0.15) is 11.6 Å². The molecular formula is C13H20N6O4S2. The highest BCUT2D eigenvalue weighted by Gasteiger charge is 2.08. The number of nitrogens with zero attached hydrogens (tertiary/aromatic N) is 2. The Hall–Kier alpha value is -2.28. The van der Waals surface area contributed by atoms with E-state index in [9.17, 15) is 0 Å². The van der Waals surface area contributed by atoms with Gasteiger partial charge >= 0.3 is 10.4 Å². The van der Waals surface area contributed by atoms with Gasteiger partial charge in [0.2, 0.25) is 5.95 Å². The maximum atomic E-state index is 8.74. The van der Waals surface area contributed by atoms with Crippen molar-refractivity contribution in [2.24, 2.45) is 0 Å². The summed E-state index contributed by atoms with van der Waals surface area (Å²) in [6.07, 6.45) is 1.66. The van der Waals surface area contributed by atoms with Crippen LogP contribution in [0.4, 0.5) is 23.3 Å². The molecule has 0 atom stereocenters. The second kappa shape index (κ2) is 9.27. The monoisotopic (exact) mass is 388 g/mol. The van der Waals surface area contributed by atoms with Crippen LogP contribution in [-0.4, -0.2) is 33.2 Å². The molecule has 0 spiro atoms. The minimum atomic E-state index is -4.67. The molecule has 10 N–H and O–H groups in total. The molecule has 0 saturated carbocycles. The van der Waals surface area contributed by atoms with Gasteiger partial charge in [-0.15, -0.1) is 11.8 Å². The molecule has 1 aromatic carbocycles. The van der Waals surface area contributed by atoms with Gasteiger partial charge in [-0.05, 0) is 42.9 Å². The molecule has 2 aromatic rings. The molecule has 0 radical (unpaired) electrons. The SMILES string of the molecule is Nc1ccc(SCCCc2c(N)nc(N)nc2N)cc1.O=S(=O)(O)O. The third kappa shape index (κ3) is 8.95. The van der Waals surface area contributed by atoms with E-state index in [0.717, 1.165) is 29.8 Å². The van der Waals surface area contributed by atoms with E-state index in [1.807, 2.05) is 24.3 Å². The van der Waals surface area contributed by atoms with Gasteiger partial charge in [-0.1, -0.05) is 0 Å². The average Bonchev–Trinajstić information content (AvgIpc) is 2.45. The molecule has 0 saturated heterocycles. The lowest BCUT2D eigenvalue weighted by atomic mass is 10.1. The number of benzene rings is 1. The fourth-order valence-corrected chi connectivity index (χ4v) is 2.65. The Balaban J connectivity index is 0.000000550. The Kier molecular flexibility index (Phi) is 7.70. The van der Waals surface area contributed by atoms with Crippen molar-refractivity contribution in [1.82, 2.24) is 9.97 Å². The highest BCUT2D eigenvalue weighted by molar-refractivity contribution is 7.99. The largest absolute Gasteiger partial charge is 0.399 e. The molecule has 10 nitrogen and oxygen atoms in total. The third-order valence-electron chi connectivity index (χ3n) is 2.81. The predicted octanol–water partition coefficient (Wildman–Crippen LogP) is 0.877. The van der Waals surface area contributed by atoms with Crippen LogP contribution in [0.15, 0.2) is 29.2 Å². The molecule has 2 rings (SSSR count). The number of nitrogens with two attached hydrogens (primary N) is 4. The van der Waals surface area contributed by atoms with Crippen LogP contribution in [-0.2, 0) is 16.8 Å². The highest BCUT2D eigenvalue weighted by Crippen LogP contribution is 2.23. The number of hydrogen-bond donors (Lipinski definition) is 6. The summed E-state index contributed by atoms with van der Waals surface area (Å²) in [6, 6.07) is 7.81. The first kappa shape index (κ1) is 20.8. The first-order chi connectivity index (χ1) is 11.6. The van der Waals surface area contributed by atoms with Gasteiger partial charge in [-0.3, -0.25) is 9.11 Å². The van der Waals surface area contributed by atoms with Crippen molar-refractivity contribution >= 4 is 45.4 Å². The lowest BCUT2D eigenvalue weighted by Crippen LogP contribution is -2.09. The van der Waals surface area contributed by atoms with Crippen molar-refractivity contribution in [2.45, 2.75) is 17.7 Å². The van der Waals surface area contributed by atoms with E-state index < -0.39 is 10.4 Å². The predicted molar refractivity (Wildman–Crippen MR) is 99.3 cm³/mol. The minimum Gasteiger partial charge on any atom is -0.399 e. The van der Waals surface area contributed by atoms with Crippen LogP contribution >= 0.6 is 11.8 Å². The van der Waals surface area contributed by atoms with Crippen LogP contribution in [0.2, 0.25) is 0 Å². The summed E-state index contributed by atoms with van der Waals surface area (Å²) in [6.45, 7) is 0. The maximum Gasteiger partial charge on any atom is 0.394 e. The van der Waals surface area contributed by atoms with Crippen LogP contribution < -0.4 is 22.9 Å². The first-order valence-electron chi connectivity index (χ1n) is 6.92. The highest BCUT2D eigenvalue weighted by atomic mass is 32.3. The minimum absolute atomic E-state index is 0.111. The number of hydrogen-bond acceptors (Lipinski definition) is 9. The third-order valence-corrected chi connectivity index (χ3v) is 3.91. The van der Waals surface area contributed by atoms with Gasteiger partial charge in [0.15, 0.2) is 0 Å². The van der Waals surface area contributed by atoms with E-state index in [4.69, 9.17) is 40.5 Å². The molecule has 0 aliphatic heterocycles. The summed E-state index contributed by atoms with van der Waals surface area (Å²) < 4.78 is 31.6. The molecule has 0 aliphatic carbocycles. The number of rotatable bonds is 5. The Morgan fingerprint density at radius 3 is 1.92 bits per heavy atom. The summed E-state index contributed by atoms with van der Waals surface area (Å²) in [7, 11) is -4.67. The van der Waals surface area contributed by atoms with Crippen molar-refractivity contribution in [3.8, 4) is 0 Å². The van der Waals surface area contributed by atoms with Crippen molar-refractivity contribution in [2.75, 3.05) is 28.7 Å². The zero-order valence-corrected chi connectivity index (χ0v) is 14.8. The molecule has 1 heterocycles. The average molecular weight is 388 g/mol. The Labute approximate surface area is 149 Å². The number of thioether (sulfide) groups is 1. The summed E-state index contributed by atoms with van der Waals surface area (Å²) >= 11 is 1.76. The summed E-state index contributed by atoms with van der Waals surface area (Å²) in [5, 5.41) is 0. The van der Waals surface area contributed by atoms with Gasteiger partial charge in [-0.25, -0.2) is 0 Å². The number of aromatic nitrogens is 2. The molecule has 0 amide bonds. The molecular weight excluding hydrogens is 368 g/mol. The van der Waals surface area contributed by atoms with Gasteiger partial charge in [-0.2, -0.15) is 18.4 Å². The Bertz CT molecular complexity index is 768. The van der Waals surface area contributed by atoms with Crippen LogP contribution in [0, 0.1) is 0 Å². The Morgan fingerprint density at radius 2 is 1.44 bits per heavy atom. The van der Waals surface area contributed by atoms with E-state index in [1.54, 1.807) is 11.8 Å². The fraction of sp³-hybridized carbons (Fsp3) is 0.231. The van der Waals surface area contributed by atoms with Crippen molar-refractivity contribution in [3.05, 3.63) is 29.8 Å². The number of anilines is 4. The van der Waals surface area contributed by atoms with E-state index in [1.165, 1.54) is 4.90 Å². The maximum absolute atomic E-state index is 8.74. The lowest BCUT2D eigenvalue weighted by Gasteiger charge is -2.08. The van der Waals surface area contributed by atoms with Crippen LogP contribution in [0.25, 0.3) is 0 Å². The van der Waals surface area contributed by atoms with Crippen molar-refractivity contribution < 1.29 is 17.5 Å². The van der Waals surface area contributed by atoms with Crippen LogP contribution in [0.3, 0.4) is 0 Å². The molecule has 1 aromatic heterocycles.